The number of hydrazone groups is 1. The maximum atomic E-state index is 12.6. The van der Waals surface area contributed by atoms with Crippen LogP contribution in [0.5, 0.6) is 17.2 Å². The molecule has 1 aliphatic heterocycles. The number of carbonyl (C=O) groups excluding carboxylic acids is 2. The maximum Gasteiger partial charge on any atom is 0.329 e. The average molecular weight is 469 g/mol. The Balaban J connectivity index is 1.53. The van der Waals surface area contributed by atoms with Crippen molar-refractivity contribution >= 4 is 23.7 Å². The topological polar surface area (TPSA) is 92.7 Å². The summed E-state index contributed by atoms with van der Waals surface area (Å²) in [6, 6.07) is 13.1. The van der Waals surface area contributed by atoms with Crippen molar-refractivity contribution in [3.8, 4) is 17.2 Å². The van der Waals surface area contributed by atoms with Gasteiger partial charge in [-0.3, -0.25) is 9.59 Å². The minimum atomic E-state index is -0.769. The van der Waals surface area contributed by atoms with Crippen LogP contribution in [-0.4, -0.2) is 69.4 Å². The van der Waals surface area contributed by atoms with Gasteiger partial charge in [-0.05, 0) is 49.2 Å². The Hall–Kier alpha value is -3.75. The maximum absolute atomic E-state index is 12.6. The van der Waals surface area contributed by atoms with Crippen LogP contribution in [0.25, 0.3) is 0 Å². The molecule has 2 amide bonds. The van der Waals surface area contributed by atoms with E-state index in [2.05, 4.69) is 15.4 Å². The Morgan fingerprint density at radius 3 is 2.47 bits per heavy atom. The predicted molar refractivity (Wildman–Crippen MR) is 131 cm³/mol. The molecule has 1 fully saturated rings. The molecule has 9 heteroatoms. The molecule has 1 heterocycles. The van der Waals surface area contributed by atoms with E-state index in [-0.39, 0.29) is 0 Å². The molecule has 2 aromatic rings. The quantitative estimate of drug-likeness (QED) is 0.346. The summed E-state index contributed by atoms with van der Waals surface area (Å²) in [7, 11) is 1.63. The molecule has 0 aliphatic carbocycles. The van der Waals surface area contributed by atoms with Gasteiger partial charge in [0.05, 0.1) is 32.2 Å². The van der Waals surface area contributed by atoms with Crippen molar-refractivity contribution in [3.05, 3.63) is 48.0 Å². The molecule has 0 spiro atoms. The van der Waals surface area contributed by atoms with Crippen molar-refractivity contribution in [2.45, 2.75) is 20.3 Å². The average Bonchev–Trinajstić information content (AvgIpc) is 2.88. The van der Waals surface area contributed by atoms with Gasteiger partial charge < -0.3 is 24.0 Å². The van der Waals surface area contributed by atoms with E-state index in [4.69, 9.17) is 14.2 Å². The van der Waals surface area contributed by atoms with Crippen LogP contribution in [0.1, 0.15) is 25.8 Å². The molecular formula is C25H32N4O5. The van der Waals surface area contributed by atoms with Crippen LogP contribution >= 0.6 is 0 Å². The molecule has 0 bridgehead atoms. The first-order valence-electron chi connectivity index (χ1n) is 11.5. The third-order valence-corrected chi connectivity index (χ3v) is 5.30. The molecule has 2 aromatic carbocycles. The lowest BCUT2D eigenvalue weighted by Gasteiger charge is -2.36. The van der Waals surface area contributed by atoms with E-state index in [1.165, 1.54) is 11.1 Å². The van der Waals surface area contributed by atoms with Gasteiger partial charge in [0.15, 0.2) is 11.5 Å². The van der Waals surface area contributed by atoms with Crippen LogP contribution in [0.3, 0.4) is 0 Å². The molecule has 1 saturated heterocycles. The summed E-state index contributed by atoms with van der Waals surface area (Å²) in [5.74, 6) is 0.680. The summed E-state index contributed by atoms with van der Waals surface area (Å²) in [4.78, 5) is 28.6. The third-order valence-electron chi connectivity index (χ3n) is 5.30. The summed E-state index contributed by atoms with van der Waals surface area (Å²) in [6.07, 6.45) is 2.36. The molecule has 34 heavy (non-hydrogen) atoms. The highest BCUT2D eigenvalue weighted by Gasteiger charge is 2.26. The number of carbonyl (C=O) groups is 2. The van der Waals surface area contributed by atoms with Gasteiger partial charge >= 0.3 is 11.8 Å². The van der Waals surface area contributed by atoms with E-state index in [1.807, 2.05) is 44.2 Å². The van der Waals surface area contributed by atoms with Gasteiger partial charge in [-0.25, -0.2) is 5.43 Å². The van der Waals surface area contributed by atoms with Crippen molar-refractivity contribution in [2.75, 3.05) is 51.4 Å². The zero-order valence-corrected chi connectivity index (χ0v) is 20.0. The minimum Gasteiger partial charge on any atom is -0.495 e. The van der Waals surface area contributed by atoms with Crippen molar-refractivity contribution in [1.29, 1.82) is 0 Å². The smallest absolute Gasteiger partial charge is 0.329 e. The van der Waals surface area contributed by atoms with E-state index in [9.17, 15) is 9.59 Å². The Morgan fingerprint density at radius 2 is 1.76 bits per heavy atom. The lowest BCUT2D eigenvalue weighted by Crippen LogP contribution is -2.52. The van der Waals surface area contributed by atoms with Gasteiger partial charge in [-0.15, -0.1) is 0 Å². The van der Waals surface area contributed by atoms with Crippen molar-refractivity contribution in [3.63, 3.8) is 0 Å². The van der Waals surface area contributed by atoms with Crippen molar-refractivity contribution < 1.29 is 23.8 Å². The van der Waals surface area contributed by atoms with Crippen LogP contribution in [0.4, 0.5) is 5.69 Å². The molecule has 1 N–H and O–H groups in total. The standard InChI is InChI=1S/C25H32N4O5/c1-4-16-34-22-11-10-19(17-23(22)33-5-2)18-26-27-24(30)25(31)29-14-12-28(13-15-29)20-8-6-7-9-21(20)32-3/h6-11,17-18H,4-5,12-16H2,1-3H3,(H,27,30)/b26-18-. The van der Waals surface area contributed by atoms with E-state index < -0.39 is 11.8 Å². The fourth-order valence-corrected chi connectivity index (χ4v) is 3.60. The number of anilines is 1. The molecule has 0 aromatic heterocycles. The molecule has 0 radical (unpaired) electrons. The molecule has 0 unspecified atom stereocenters. The zero-order chi connectivity index (χ0) is 24.3. The Labute approximate surface area is 200 Å². The van der Waals surface area contributed by atoms with Gasteiger partial charge in [-0.1, -0.05) is 19.1 Å². The number of para-hydroxylation sites is 2. The largest absolute Gasteiger partial charge is 0.495 e. The van der Waals surface area contributed by atoms with Crippen LogP contribution < -0.4 is 24.5 Å². The molecule has 0 atom stereocenters. The zero-order valence-electron chi connectivity index (χ0n) is 20.0. The fraction of sp³-hybridized carbons (Fsp3) is 0.400. The number of methoxy groups -OCH3 is 1. The second-order valence-electron chi connectivity index (χ2n) is 7.64. The molecule has 182 valence electrons. The number of nitrogens with one attached hydrogen (secondary N) is 1. The third kappa shape index (κ3) is 6.40. The summed E-state index contributed by atoms with van der Waals surface area (Å²) >= 11 is 0. The highest BCUT2D eigenvalue weighted by molar-refractivity contribution is 6.35. The van der Waals surface area contributed by atoms with Gasteiger partial charge in [0, 0.05) is 26.2 Å². The fourth-order valence-electron chi connectivity index (χ4n) is 3.60. The Kier molecular flexibility index (Phi) is 9.13. The SMILES string of the molecule is CCCOc1ccc(/C=N\NC(=O)C(=O)N2CCN(c3ccccc3OC)CC2)cc1OCC. The van der Waals surface area contributed by atoms with Crippen LogP contribution in [0.15, 0.2) is 47.6 Å². The van der Waals surface area contributed by atoms with E-state index in [0.717, 1.165) is 17.9 Å². The summed E-state index contributed by atoms with van der Waals surface area (Å²) in [6.45, 7) is 7.11. The predicted octanol–water partition coefficient (Wildman–Crippen LogP) is 2.68. The molecule has 1 aliphatic rings. The highest BCUT2D eigenvalue weighted by Crippen LogP contribution is 2.29. The normalized spacial score (nSPS) is 13.6. The molecule has 3 rings (SSSR count). The van der Waals surface area contributed by atoms with Gasteiger partial charge in [0.2, 0.25) is 0 Å². The number of hydrogen-bond donors (Lipinski definition) is 1. The van der Waals surface area contributed by atoms with Crippen LogP contribution in [0, 0.1) is 0 Å². The van der Waals surface area contributed by atoms with Gasteiger partial charge in [0.1, 0.15) is 5.75 Å². The second kappa shape index (κ2) is 12.5. The van der Waals surface area contributed by atoms with E-state index in [0.29, 0.717) is 56.5 Å². The first-order valence-corrected chi connectivity index (χ1v) is 11.5. The first-order chi connectivity index (χ1) is 16.6. The number of piperazine rings is 1. The number of nitrogens with zero attached hydrogens (tertiary/aromatic N) is 3. The van der Waals surface area contributed by atoms with Crippen LogP contribution in [-0.2, 0) is 9.59 Å². The number of rotatable bonds is 9. The summed E-state index contributed by atoms with van der Waals surface area (Å²) < 4.78 is 16.7. The monoisotopic (exact) mass is 468 g/mol. The van der Waals surface area contributed by atoms with Gasteiger partial charge in [0.25, 0.3) is 0 Å². The number of amides is 2. The molecule has 0 saturated carbocycles. The highest BCUT2D eigenvalue weighted by atomic mass is 16.5. The number of hydrogen-bond acceptors (Lipinski definition) is 7. The van der Waals surface area contributed by atoms with Gasteiger partial charge in [-0.2, -0.15) is 5.10 Å². The number of benzene rings is 2. The van der Waals surface area contributed by atoms with Crippen molar-refractivity contribution in [1.82, 2.24) is 10.3 Å². The Morgan fingerprint density at radius 1 is 1.00 bits per heavy atom. The minimum absolute atomic E-state index is 0.435. The van der Waals surface area contributed by atoms with E-state index in [1.54, 1.807) is 19.2 Å². The van der Waals surface area contributed by atoms with E-state index >= 15 is 0 Å². The molecule has 9 nitrogen and oxygen atoms in total. The first kappa shape index (κ1) is 24.9. The lowest BCUT2D eigenvalue weighted by atomic mass is 10.2. The van der Waals surface area contributed by atoms with Crippen LogP contribution in [0.2, 0.25) is 0 Å². The number of ether oxygens (including phenoxy) is 3. The lowest BCUT2D eigenvalue weighted by molar-refractivity contribution is -0.146. The summed E-state index contributed by atoms with van der Waals surface area (Å²) in [5.41, 5.74) is 4.01. The molecular weight excluding hydrogens is 436 g/mol. The Bertz CT molecular complexity index is 1000. The van der Waals surface area contributed by atoms with Crippen molar-refractivity contribution in [2.24, 2.45) is 5.10 Å². The summed E-state index contributed by atoms with van der Waals surface area (Å²) in [5, 5.41) is 3.94. The second-order valence-corrected chi connectivity index (χ2v) is 7.64.